The summed E-state index contributed by atoms with van der Waals surface area (Å²) in [6, 6.07) is 12.6. The van der Waals surface area contributed by atoms with Crippen LogP contribution in [0.25, 0.3) is 21.7 Å². The van der Waals surface area contributed by atoms with Crippen LogP contribution in [0.1, 0.15) is 5.56 Å². The smallest absolute Gasteiger partial charge is 0.326 e. The number of thiophene rings is 1. The van der Waals surface area contributed by atoms with E-state index in [9.17, 15) is 10.1 Å². The van der Waals surface area contributed by atoms with Crippen molar-refractivity contribution in [3.63, 3.8) is 0 Å². The lowest BCUT2D eigenvalue weighted by atomic mass is 10.2. The molecule has 0 bridgehead atoms. The molecule has 0 radical (unpaired) electrons. The molecule has 3 aromatic heterocycles. The number of aromatic nitrogens is 3. The molecule has 1 aromatic carbocycles. The van der Waals surface area contributed by atoms with Crippen molar-refractivity contribution in [2.24, 2.45) is 0 Å². The zero-order chi connectivity index (χ0) is 19.8. The highest BCUT2D eigenvalue weighted by atomic mass is 32.1. The van der Waals surface area contributed by atoms with Crippen molar-refractivity contribution in [2.75, 3.05) is 12.1 Å². The molecule has 0 saturated carbocycles. The van der Waals surface area contributed by atoms with Crippen LogP contribution >= 0.6 is 11.3 Å². The van der Waals surface area contributed by atoms with E-state index in [2.05, 4.69) is 20.3 Å². The van der Waals surface area contributed by atoms with E-state index in [0.29, 0.717) is 45.6 Å². The Morgan fingerprint density at radius 3 is 2.86 bits per heavy atom. The Kier molecular flexibility index (Phi) is 4.17. The van der Waals surface area contributed by atoms with Gasteiger partial charge in [0.15, 0.2) is 17.3 Å². The molecule has 0 amide bonds. The summed E-state index contributed by atoms with van der Waals surface area (Å²) < 4.78 is 10.7. The van der Waals surface area contributed by atoms with Crippen LogP contribution in [0, 0.1) is 10.1 Å². The van der Waals surface area contributed by atoms with Gasteiger partial charge in [-0.15, -0.1) is 0 Å². The Hall–Kier alpha value is -3.79. The van der Waals surface area contributed by atoms with Crippen molar-refractivity contribution >= 4 is 32.4 Å². The zero-order valence-electron chi connectivity index (χ0n) is 14.9. The van der Waals surface area contributed by atoms with Gasteiger partial charge < -0.3 is 14.8 Å². The maximum absolute atomic E-state index is 11.2. The third kappa shape index (κ3) is 3.29. The minimum Gasteiger partial charge on any atom is -0.454 e. The van der Waals surface area contributed by atoms with Gasteiger partial charge in [-0.2, -0.15) is 0 Å². The Morgan fingerprint density at radius 1 is 1.14 bits per heavy atom. The Bertz CT molecular complexity index is 1230. The highest BCUT2D eigenvalue weighted by Crippen LogP contribution is 2.36. The average Bonchev–Trinajstić information content (AvgIpc) is 3.39. The van der Waals surface area contributed by atoms with Crippen molar-refractivity contribution in [3.05, 3.63) is 64.3 Å². The van der Waals surface area contributed by atoms with Crippen molar-refractivity contribution in [2.45, 2.75) is 6.54 Å². The molecule has 0 aliphatic carbocycles. The second-order valence-corrected chi connectivity index (χ2v) is 7.22. The number of anilines is 1. The number of hydrogen-bond donors (Lipinski definition) is 1. The molecule has 144 valence electrons. The molecule has 4 heterocycles. The Morgan fingerprint density at radius 2 is 2.03 bits per heavy atom. The molecular weight excluding hydrogens is 394 g/mol. The Balaban J connectivity index is 1.53. The molecule has 5 rings (SSSR count). The van der Waals surface area contributed by atoms with Crippen molar-refractivity contribution in [3.8, 4) is 23.0 Å². The van der Waals surface area contributed by atoms with Crippen molar-refractivity contribution < 1.29 is 14.4 Å². The molecule has 29 heavy (non-hydrogen) atoms. The van der Waals surface area contributed by atoms with Gasteiger partial charge in [-0.1, -0.05) is 12.1 Å². The number of rotatable bonds is 5. The molecule has 1 aliphatic rings. The number of nitrogens with zero attached hydrogens (tertiary/aromatic N) is 4. The standard InChI is InChI=1S/C19H13N5O4S/c25-24(26)16-8-12-17(21-9-11-4-5-14-15(7-11)28-10-27-14)22-18(23-19(12)29-16)13-3-1-2-6-20-13/h1-8H,9-10H2,(H,21,22,23). The first kappa shape index (κ1) is 17.3. The van der Waals surface area contributed by atoms with E-state index in [1.807, 2.05) is 24.3 Å². The molecular formula is C19H13N5O4S. The highest BCUT2D eigenvalue weighted by Gasteiger charge is 2.19. The van der Waals surface area contributed by atoms with Gasteiger partial charge in [0.2, 0.25) is 6.79 Å². The lowest BCUT2D eigenvalue weighted by Crippen LogP contribution is -2.04. The van der Waals surface area contributed by atoms with Gasteiger partial charge in [0.05, 0.1) is 10.3 Å². The highest BCUT2D eigenvalue weighted by molar-refractivity contribution is 7.21. The predicted molar refractivity (Wildman–Crippen MR) is 107 cm³/mol. The minimum absolute atomic E-state index is 0.0126. The fourth-order valence-electron chi connectivity index (χ4n) is 2.98. The van der Waals surface area contributed by atoms with E-state index in [4.69, 9.17) is 9.47 Å². The number of nitrogens with one attached hydrogen (secondary N) is 1. The van der Waals surface area contributed by atoms with Crippen LogP contribution in [0.5, 0.6) is 11.5 Å². The summed E-state index contributed by atoms with van der Waals surface area (Å²) in [6.07, 6.45) is 1.65. The monoisotopic (exact) mass is 407 g/mol. The van der Waals surface area contributed by atoms with Crippen LogP contribution < -0.4 is 14.8 Å². The molecule has 1 aliphatic heterocycles. The number of hydrogen-bond acceptors (Lipinski definition) is 9. The third-order valence-corrected chi connectivity index (χ3v) is 5.33. The van der Waals surface area contributed by atoms with Gasteiger partial charge >= 0.3 is 5.00 Å². The van der Waals surface area contributed by atoms with E-state index in [-0.39, 0.29) is 11.8 Å². The van der Waals surface area contributed by atoms with Gasteiger partial charge in [0.25, 0.3) is 0 Å². The number of nitro groups is 1. The molecule has 0 fully saturated rings. The Labute approximate surface area is 168 Å². The first-order valence-corrected chi connectivity index (χ1v) is 9.49. The van der Waals surface area contributed by atoms with E-state index >= 15 is 0 Å². The second kappa shape index (κ2) is 6.99. The van der Waals surface area contributed by atoms with Gasteiger partial charge in [0.1, 0.15) is 16.3 Å². The number of pyridine rings is 1. The SMILES string of the molecule is O=[N+]([O-])c1cc2c(NCc3ccc4c(c3)OCO4)nc(-c3ccccn3)nc2s1. The average molecular weight is 407 g/mol. The van der Waals surface area contributed by atoms with Gasteiger partial charge in [-0.05, 0) is 41.2 Å². The van der Waals surface area contributed by atoms with Crippen LogP contribution in [0.2, 0.25) is 0 Å². The second-order valence-electron chi connectivity index (χ2n) is 6.21. The maximum atomic E-state index is 11.2. The summed E-state index contributed by atoms with van der Waals surface area (Å²) in [5.41, 5.74) is 1.56. The zero-order valence-corrected chi connectivity index (χ0v) is 15.7. The van der Waals surface area contributed by atoms with Crippen LogP contribution in [-0.2, 0) is 6.54 Å². The molecule has 0 spiro atoms. The minimum atomic E-state index is -0.422. The molecule has 10 heteroatoms. The van der Waals surface area contributed by atoms with Gasteiger partial charge in [0, 0.05) is 18.8 Å². The summed E-state index contributed by atoms with van der Waals surface area (Å²) in [7, 11) is 0. The lowest BCUT2D eigenvalue weighted by molar-refractivity contribution is -0.380. The van der Waals surface area contributed by atoms with Crippen molar-refractivity contribution in [1.82, 2.24) is 15.0 Å². The first-order chi connectivity index (χ1) is 14.2. The predicted octanol–water partition coefficient (Wildman–Crippen LogP) is 4.00. The summed E-state index contributed by atoms with van der Waals surface area (Å²) in [5.74, 6) is 2.32. The third-order valence-electron chi connectivity index (χ3n) is 4.35. The lowest BCUT2D eigenvalue weighted by Gasteiger charge is -2.09. The van der Waals surface area contributed by atoms with Crippen LogP contribution in [0.15, 0.2) is 48.7 Å². The van der Waals surface area contributed by atoms with E-state index in [0.717, 1.165) is 16.9 Å². The van der Waals surface area contributed by atoms with E-state index in [1.54, 1.807) is 18.3 Å². The fourth-order valence-corrected chi connectivity index (χ4v) is 3.83. The normalized spacial score (nSPS) is 12.3. The largest absolute Gasteiger partial charge is 0.454 e. The molecule has 0 unspecified atom stereocenters. The number of fused-ring (bicyclic) bond motifs is 2. The topological polar surface area (TPSA) is 112 Å². The number of ether oxygens (including phenoxy) is 2. The molecule has 1 N–H and O–H groups in total. The quantitative estimate of drug-likeness (QED) is 0.390. The number of benzene rings is 1. The van der Waals surface area contributed by atoms with E-state index in [1.165, 1.54) is 6.07 Å². The summed E-state index contributed by atoms with van der Waals surface area (Å²) in [5, 5.41) is 15.1. The van der Waals surface area contributed by atoms with Crippen LogP contribution in [0.3, 0.4) is 0 Å². The van der Waals surface area contributed by atoms with Crippen LogP contribution in [-0.4, -0.2) is 26.7 Å². The summed E-state index contributed by atoms with van der Waals surface area (Å²) in [4.78, 5) is 24.7. The van der Waals surface area contributed by atoms with Crippen LogP contribution in [0.4, 0.5) is 10.8 Å². The summed E-state index contributed by atoms with van der Waals surface area (Å²) >= 11 is 1.01. The van der Waals surface area contributed by atoms with E-state index < -0.39 is 4.92 Å². The summed E-state index contributed by atoms with van der Waals surface area (Å²) in [6.45, 7) is 0.665. The first-order valence-electron chi connectivity index (χ1n) is 8.67. The molecule has 0 atom stereocenters. The fraction of sp³-hybridized carbons (Fsp3) is 0.105. The van der Waals surface area contributed by atoms with Crippen molar-refractivity contribution in [1.29, 1.82) is 0 Å². The molecule has 0 saturated heterocycles. The maximum Gasteiger partial charge on any atom is 0.326 e. The van der Waals surface area contributed by atoms with Gasteiger partial charge in [-0.25, -0.2) is 9.97 Å². The molecule has 4 aromatic rings. The molecule has 9 nitrogen and oxygen atoms in total. The van der Waals surface area contributed by atoms with Gasteiger partial charge in [-0.3, -0.25) is 15.1 Å².